The Bertz CT molecular complexity index is 357. The van der Waals surface area contributed by atoms with Gasteiger partial charge in [-0.2, -0.15) is 5.26 Å². The Hall–Kier alpha value is -1.47. The fraction of sp³-hybridized carbons (Fsp3) is 0.222. The zero-order chi connectivity index (χ0) is 9.84. The average molecular weight is 183 g/mol. The Labute approximate surface area is 74.4 Å². The number of methoxy groups -OCH3 is 1. The normalized spacial score (nSPS) is 9.69. The number of nitrogens with zero attached hydrogens (tertiary/aromatic N) is 1. The Morgan fingerprint density at radius 3 is 2.62 bits per heavy atom. The molecule has 1 aromatic rings. The topological polar surface area (TPSA) is 33.0 Å². The molecular formula is C9H7F2NO. The monoisotopic (exact) mass is 183 g/mol. The Balaban J connectivity index is 3.14. The first-order valence-electron chi connectivity index (χ1n) is 3.56. The lowest BCUT2D eigenvalue weighted by atomic mass is 10.1. The molecular weight excluding hydrogens is 176 g/mol. The Morgan fingerprint density at radius 1 is 1.38 bits per heavy atom. The van der Waals surface area contributed by atoms with Crippen molar-refractivity contribution >= 4 is 0 Å². The molecule has 0 bridgehead atoms. The van der Waals surface area contributed by atoms with E-state index in [4.69, 9.17) is 5.26 Å². The summed E-state index contributed by atoms with van der Waals surface area (Å²) in [5, 5.41) is 8.38. The van der Waals surface area contributed by atoms with E-state index >= 15 is 0 Å². The van der Waals surface area contributed by atoms with Crippen molar-refractivity contribution in [3.63, 3.8) is 0 Å². The van der Waals surface area contributed by atoms with E-state index in [-0.39, 0.29) is 17.7 Å². The van der Waals surface area contributed by atoms with Crippen LogP contribution in [0.15, 0.2) is 12.1 Å². The first kappa shape index (κ1) is 9.62. The van der Waals surface area contributed by atoms with E-state index in [1.807, 2.05) is 0 Å². The molecule has 13 heavy (non-hydrogen) atoms. The van der Waals surface area contributed by atoms with E-state index in [1.54, 1.807) is 6.07 Å². The Morgan fingerprint density at radius 2 is 2.08 bits per heavy atom. The van der Waals surface area contributed by atoms with Gasteiger partial charge in [-0.25, -0.2) is 8.78 Å². The van der Waals surface area contributed by atoms with Gasteiger partial charge in [-0.15, -0.1) is 0 Å². The molecule has 0 aliphatic rings. The Kier molecular flexibility index (Phi) is 2.93. The van der Waals surface area contributed by atoms with E-state index in [9.17, 15) is 8.78 Å². The number of hydrogen-bond acceptors (Lipinski definition) is 2. The third kappa shape index (κ3) is 2.01. The second-order valence-electron chi connectivity index (χ2n) is 2.47. The lowest BCUT2D eigenvalue weighted by Gasteiger charge is -2.02. The van der Waals surface area contributed by atoms with Gasteiger partial charge in [-0.3, -0.25) is 0 Å². The standard InChI is InChI=1S/C9H7F2NO/c1-13-5-7-3-8(10)6(4-12)2-9(7)11/h2-3H,5H2,1H3. The van der Waals surface area contributed by atoms with Gasteiger partial charge >= 0.3 is 0 Å². The minimum atomic E-state index is -0.726. The second-order valence-corrected chi connectivity index (χ2v) is 2.47. The van der Waals surface area contributed by atoms with Gasteiger partial charge in [0.05, 0.1) is 12.2 Å². The van der Waals surface area contributed by atoms with Crippen molar-refractivity contribution < 1.29 is 13.5 Å². The molecule has 0 aliphatic heterocycles. The number of nitriles is 1. The van der Waals surface area contributed by atoms with E-state index in [0.29, 0.717) is 0 Å². The second kappa shape index (κ2) is 3.97. The molecule has 0 unspecified atom stereocenters. The summed E-state index contributed by atoms with van der Waals surface area (Å²) in [6.45, 7) is -0.00549. The number of benzene rings is 1. The molecule has 1 rings (SSSR count). The van der Waals surface area contributed by atoms with Gasteiger partial charge in [0.2, 0.25) is 0 Å². The van der Waals surface area contributed by atoms with Gasteiger partial charge in [0.1, 0.15) is 17.7 Å². The van der Waals surface area contributed by atoms with Crippen LogP contribution in [-0.4, -0.2) is 7.11 Å². The molecule has 0 saturated carbocycles. The predicted molar refractivity (Wildman–Crippen MR) is 41.8 cm³/mol. The van der Waals surface area contributed by atoms with Gasteiger partial charge in [0.15, 0.2) is 0 Å². The lowest BCUT2D eigenvalue weighted by Crippen LogP contribution is -1.96. The molecule has 0 atom stereocenters. The lowest BCUT2D eigenvalue weighted by molar-refractivity contribution is 0.181. The third-order valence-corrected chi connectivity index (χ3v) is 1.56. The largest absolute Gasteiger partial charge is 0.380 e. The minimum Gasteiger partial charge on any atom is -0.380 e. The van der Waals surface area contributed by atoms with E-state index in [2.05, 4.69) is 4.74 Å². The van der Waals surface area contributed by atoms with Crippen LogP contribution in [0.4, 0.5) is 8.78 Å². The summed E-state index contributed by atoms with van der Waals surface area (Å²) in [5.41, 5.74) is -0.184. The van der Waals surface area contributed by atoms with Crippen molar-refractivity contribution in [2.75, 3.05) is 7.11 Å². The molecule has 0 amide bonds. The predicted octanol–water partition coefficient (Wildman–Crippen LogP) is 1.98. The van der Waals surface area contributed by atoms with Crippen molar-refractivity contribution in [3.8, 4) is 6.07 Å². The summed E-state index contributed by atoms with van der Waals surface area (Å²) in [4.78, 5) is 0. The van der Waals surface area contributed by atoms with E-state index < -0.39 is 11.6 Å². The molecule has 68 valence electrons. The number of ether oxygens (including phenoxy) is 1. The highest BCUT2D eigenvalue weighted by Crippen LogP contribution is 2.14. The van der Waals surface area contributed by atoms with Crippen molar-refractivity contribution in [1.29, 1.82) is 5.26 Å². The molecule has 0 radical (unpaired) electrons. The molecule has 0 saturated heterocycles. The number of hydrogen-bond donors (Lipinski definition) is 0. The van der Waals surface area contributed by atoms with Crippen LogP contribution < -0.4 is 0 Å². The van der Waals surface area contributed by atoms with Crippen LogP contribution in [0.2, 0.25) is 0 Å². The first-order chi connectivity index (χ1) is 6.19. The summed E-state index contributed by atoms with van der Waals surface area (Å²) in [6, 6.07) is 3.38. The van der Waals surface area contributed by atoms with Crippen LogP contribution in [0.1, 0.15) is 11.1 Å². The van der Waals surface area contributed by atoms with Crippen LogP contribution >= 0.6 is 0 Å². The zero-order valence-corrected chi connectivity index (χ0v) is 6.97. The molecule has 0 fully saturated rings. The van der Waals surface area contributed by atoms with Crippen LogP contribution in [-0.2, 0) is 11.3 Å². The number of rotatable bonds is 2. The van der Waals surface area contributed by atoms with Crippen molar-refractivity contribution in [2.45, 2.75) is 6.61 Å². The highest BCUT2D eigenvalue weighted by Gasteiger charge is 2.08. The molecule has 0 spiro atoms. The molecule has 0 heterocycles. The SMILES string of the molecule is COCc1cc(F)c(C#N)cc1F. The van der Waals surface area contributed by atoms with Crippen LogP contribution in [0, 0.1) is 23.0 Å². The highest BCUT2D eigenvalue weighted by molar-refractivity contribution is 5.34. The fourth-order valence-electron chi connectivity index (χ4n) is 0.940. The minimum absolute atomic E-state index is 0.00549. The van der Waals surface area contributed by atoms with Crippen molar-refractivity contribution in [3.05, 3.63) is 34.9 Å². The molecule has 0 aliphatic carbocycles. The molecule has 0 N–H and O–H groups in total. The van der Waals surface area contributed by atoms with Crippen LogP contribution in [0.3, 0.4) is 0 Å². The fourth-order valence-corrected chi connectivity index (χ4v) is 0.940. The zero-order valence-electron chi connectivity index (χ0n) is 6.97. The van der Waals surface area contributed by atoms with Gasteiger partial charge in [0, 0.05) is 12.7 Å². The van der Waals surface area contributed by atoms with Crippen LogP contribution in [0.25, 0.3) is 0 Å². The maximum atomic E-state index is 13.0. The highest BCUT2D eigenvalue weighted by atomic mass is 19.1. The summed E-state index contributed by atoms with van der Waals surface area (Å²) < 4.78 is 30.6. The maximum absolute atomic E-state index is 13.0. The summed E-state index contributed by atoms with van der Waals surface area (Å²) in [6.07, 6.45) is 0. The van der Waals surface area contributed by atoms with E-state index in [1.165, 1.54) is 7.11 Å². The molecule has 2 nitrogen and oxygen atoms in total. The molecule has 4 heteroatoms. The maximum Gasteiger partial charge on any atom is 0.141 e. The van der Waals surface area contributed by atoms with Gasteiger partial charge < -0.3 is 4.74 Å². The molecule has 0 aromatic heterocycles. The van der Waals surface area contributed by atoms with Crippen LogP contribution in [0.5, 0.6) is 0 Å². The van der Waals surface area contributed by atoms with Crippen molar-refractivity contribution in [2.24, 2.45) is 0 Å². The molecule has 1 aromatic carbocycles. The van der Waals surface area contributed by atoms with Gasteiger partial charge in [0.25, 0.3) is 0 Å². The summed E-state index contributed by atoms with van der Waals surface area (Å²) >= 11 is 0. The van der Waals surface area contributed by atoms with Gasteiger partial charge in [-0.05, 0) is 12.1 Å². The van der Waals surface area contributed by atoms with Crippen molar-refractivity contribution in [1.82, 2.24) is 0 Å². The summed E-state index contributed by atoms with van der Waals surface area (Å²) in [7, 11) is 1.38. The van der Waals surface area contributed by atoms with E-state index in [0.717, 1.165) is 12.1 Å². The quantitative estimate of drug-likeness (QED) is 0.702. The number of halogens is 2. The van der Waals surface area contributed by atoms with Gasteiger partial charge in [-0.1, -0.05) is 0 Å². The smallest absolute Gasteiger partial charge is 0.141 e. The summed E-state index contributed by atoms with van der Waals surface area (Å²) in [5.74, 6) is -1.35. The first-order valence-corrected chi connectivity index (χ1v) is 3.56. The third-order valence-electron chi connectivity index (χ3n) is 1.56. The average Bonchev–Trinajstić information content (AvgIpc) is 2.11.